The lowest BCUT2D eigenvalue weighted by Crippen LogP contribution is -2.26. The van der Waals surface area contributed by atoms with Crippen LogP contribution in [-0.2, 0) is 6.42 Å². The van der Waals surface area contributed by atoms with Crippen LogP contribution in [0, 0.1) is 0 Å². The summed E-state index contributed by atoms with van der Waals surface area (Å²) >= 11 is 0. The number of ether oxygens (including phenoxy) is 1. The van der Waals surface area contributed by atoms with Crippen molar-refractivity contribution in [2.75, 3.05) is 19.0 Å². The average Bonchev–Trinajstić information content (AvgIpc) is 2.74. The summed E-state index contributed by atoms with van der Waals surface area (Å²) in [5, 5.41) is 6.06. The van der Waals surface area contributed by atoms with Crippen LogP contribution in [0.4, 0.5) is 11.4 Å². The predicted molar refractivity (Wildman–Crippen MR) is 113 cm³/mol. The number of carbonyl (C=O) groups excluding carboxylic acids is 2. The lowest BCUT2D eigenvalue weighted by molar-refractivity contribution is 0.0948. The highest BCUT2D eigenvalue weighted by Crippen LogP contribution is 2.18. The molecule has 0 aliphatic rings. The Bertz CT molecular complexity index is 1000. The van der Waals surface area contributed by atoms with E-state index in [1.165, 1.54) is 6.92 Å². The van der Waals surface area contributed by atoms with E-state index in [1.807, 2.05) is 36.4 Å². The molecule has 1 amide bonds. The standard InChI is InChI=1S/C23H23N3O3/c1-16(27)18-6-4-7-19(14-18)26-20-9-10-22(25-15-20)23(28)24-12-11-17-5-3-8-21(13-17)29-2/h3-10,13-15,26H,11-12H2,1-2H3,(H,24,28). The summed E-state index contributed by atoms with van der Waals surface area (Å²) in [5.41, 5.74) is 3.59. The topological polar surface area (TPSA) is 80.3 Å². The minimum Gasteiger partial charge on any atom is -0.497 e. The molecule has 0 aliphatic carbocycles. The zero-order chi connectivity index (χ0) is 20.6. The minimum atomic E-state index is -0.224. The van der Waals surface area contributed by atoms with Crippen molar-refractivity contribution in [3.8, 4) is 5.75 Å². The number of hydrogen-bond acceptors (Lipinski definition) is 5. The van der Waals surface area contributed by atoms with Crippen molar-refractivity contribution in [1.29, 1.82) is 0 Å². The zero-order valence-corrected chi connectivity index (χ0v) is 16.4. The quantitative estimate of drug-likeness (QED) is 0.569. The van der Waals surface area contributed by atoms with Crippen molar-refractivity contribution >= 4 is 23.1 Å². The van der Waals surface area contributed by atoms with Crippen LogP contribution in [-0.4, -0.2) is 30.3 Å². The molecule has 29 heavy (non-hydrogen) atoms. The van der Waals surface area contributed by atoms with Crippen molar-refractivity contribution in [3.05, 3.63) is 83.7 Å². The molecule has 1 aromatic heterocycles. The van der Waals surface area contributed by atoms with Gasteiger partial charge in [0.2, 0.25) is 0 Å². The first-order valence-electron chi connectivity index (χ1n) is 9.30. The monoisotopic (exact) mass is 389 g/mol. The lowest BCUT2D eigenvalue weighted by Gasteiger charge is -2.09. The van der Waals surface area contributed by atoms with E-state index in [1.54, 1.807) is 37.6 Å². The number of benzene rings is 2. The van der Waals surface area contributed by atoms with Gasteiger partial charge in [0.1, 0.15) is 11.4 Å². The third-order valence-corrected chi connectivity index (χ3v) is 4.39. The molecular formula is C23H23N3O3. The number of carbonyl (C=O) groups is 2. The fourth-order valence-corrected chi connectivity index (χ4v) is 2.82. The van der Waals surface area contributed by atoms with Crippen LogP contribution in [0.5, 0.6) is 5.75 Å². The molecule has 0 atom stereocenters. The zero-order valence-electron chi connectivity index (χ0n) is 16.4. The predicted octanol–water partition coefficient (Wildman–Crippen LogP) is 4.01. The summed E-state index contributed by atoms with van der Waals surface area (Å²) in [7, 11) is 1.63. The molecule has 6 nitrogen and oxygen atoms in total. The number of Topliss-reactive ketones (excluding diaryl/α,β-unsaturated/α-hetero) is 1. The van der Waals surface area contributed by atoms with E-state index in [2.05, 4.69) is 15.6 Å². The summed E-state index contributed by atoms with van der Waals surface area (Å²) in [4.78, 5) is 28.0. The molecule has 0 saturated heterocycles. The number of hydrogen-bond donors (Lipinski definition) is 2. The van der Waals surface area contributed by atoms with Crippen LogP contribution < -0.4 is 15.4 Å². The van der Waals surface area contributed by atoms with E-state index in [9.17, 15) is 9.59 Å². The van der Waals surface area contributed by atoms with E-state index in [0.29, 0.717) is 24.2 Å². The molecule has 3 rings (SSSR count). The van der Waals surface area contributed by atoms with Gasteiger partial charge in [0.05, 0.1) is 19.0 Å². The highest BCUT2D eigenvalue weighted by molar-refractivity contribution is 5.95. The van der Waals surface area contributed by atoms with E-state index < -0.39 is 0 Å². The molecular weight excluding hydrogens is 366 g/mol. The summed E-state index contributed by atoms with van der Waals surface area (Å²) in [6.45, 7) is 2.04. The lowest BCUT2D eigenvalue weighted by atomic mass is 10.1. The van der Waals surface area contributed by atoms with Gasteiger partial charge in [-0.1, -0.05) is 24.3 Å². The first-order valence-corrected chi connectivity index (χ1v) is 9.30. The van der Waals surface area contributed by atoms with Crippen LogP contribution in [0.15, 0.2) is 66.9 Å². The van der Waals surface area contributed by atoms with Gasteiger partial charge in [-0.05, 0) is 55.3 Å². The number of amides is 1. The van der Waals surface area contributed by atoms with Crippen LogP contribution in [0.1, 0.15) is 33.3 Å². The molecule has 0 fully saturated rings. The second-order valence-corrected chi connectivity index (χ2v) is 6.55. The number of rotatable bonds is 8. The molecule has 2 aromatic carbocycles. The first-order chi connectivity index (χ1) is 14.0. The van der Waals surface area contributed by atoms with Crippen LogP contribution in [0.2, 0.25) is 0 Å². The Morgan fingerprint density at radius 2 is 1.83 bits per heavy atom. The van der Waals surface area contributed by atoms with Crippen molar-refractivity contribution in [2.45, 2.75) is 13.3 Å². The summed E-state index contributed by atoms with van der Waals surface area (Å²) in [6, 6.07) is 18.4. The van der Waals surface area contributed by atoms with Gasteiger partial charge in [0, 0.05) is 17.8 Å². The molecule has 0 bridgehead atoms. The summed E-state index contributed by atoms with van der Waals surface area (Å²) in [5.74, 6) is 0.582. The van der Waals surface area contributed by atoms with Gasteiger partial charge in [-0.25, -0.2) is 4.98 Å². The van der Waals surface area contributed by atoms with Gasteiger partial charge in [-0.2, -0.15) is 0 Å². The van der Waals surface area contributed by atoms with E-state index >= 15 is 0 Å². The minimum absolute atomic E-state index is 0.00717. The Morgan fingerprint density at radius 3 is 2.55 bits per heavy atom. The van der Waals surface area contributed by atoms with E-state index in [-0.39, 0.29) is 11.7 Å². The maximum atomic E-state index is 12.3. The highest BCUT2D eigenvalue weighted by atomic mass is 16.5. The molecule has 0 radical (unpaired) electrons. The number of nitrogens with zero attached hydrogens (tertiary/aromatic N) is 1. The first kappa shape index (κ1) is 20.1. The Balaban J connectivity index is 1.54. The Hall–Kier alpha value is -3.67. The largest absolute Gasteiger partial charge is 0.497 e. The summed E-state index contributed by atoms with van der Waals surface area (Å²) in [6.07, 6.45) is 2.30. The number of ketones is 1. The second kappa shape index (κ2) is 9.50. The maximum Gasteiger partial charge on any atom is 0.269 e. The van der Waals surface area contributed by atoms with Gasteiger partial charge in [0.25, 0.3) is 5.91 Å². The van der Waals surface area contributed by atoms with Crippen LogP contribution in [0.3, 0.4) is 0 Å². The molecule has 0 aliphatic heterocycles. The smallest absolute Gasteiger partial charge is 0.269 e. The molecule has 1 heterocycles. The fraction of sp³-hybridized carbons (Fsp3) is 0.174. The van der Waals surface area contributed by atoms with Crippen LogP contribution in [0.25, 0.3) is 0 Å². The van der Waals surface area contributed by atoms with Gasteiger partial charge in [-0.3, -0.25) is 9.59 Å². The van der Waals surface area contributed by atoms with Crippen molar-refractivity contribution < 1.29 is 14.3 Å². The van der Waals surface area contributed by atoms with Gasteiger partial charge < -0.3 is 15.4 Å². The molecule has 0 spiro atoms. The molecule has 0 unspecified atom stereocenters. The molecule has 148 valence electrons. The van der Waals surface area contributed by atoms with Crippen molar-refractivity contribution in [3.63, 3.8) is 0 Å². The van der Waals surface area contributed by atoms with Crippen molar-refractivity contribution in [2.24, 2.45) is 0 Å². The Kier molecular flexibility index (Phi) is 6.58. The number of pyridine rings is 1. The van der Waals surface area contributed by atoms with Crippen molar-refractivity contribution in [1.82, 2.24) is 10.3 Å². The number of anilines is 2. The van der Waals surface area contributed by atoms with Gasteiger partial charge in [-0.15, -0.1) is 0 Å². The molecule has 0 saturated carbocycles. The van der Waals surface area contributed by atoms with E-state index in [4.69, 9.17) is 4.74 Å². The van der Waals surface area contributed by atoms with E-state index in [0.717, 1.165) is 22.7 Å². The highest BCUT2D eigenvalue weighted by Gasteiger charge is 2.07. The maximum absolute atomic E-state index is 12.3. The normalized spacial score (nSPS) is 10.3. The third kappa shape index (κ3) is 5.65. The fourth-order valence-electron chi connectivity index (χ4n) is 2.82. The summed E-state index contributed by atoms with van der Waals surface area (Å²) < 4.78 is 5.20. The number of nitrogens with one attached hydrogen (secondary N) is 2. The van der Waals surface area contributed by atoms with Gasteiger partial charge >= 0.3 is 0 Å². The SMILES string of the molecule is COc1cccc(CCNC(=O)c2ccc(Nc3cccc(C(C)=O)c3)cn2)c1. The number of methoxy groups -OCH3 is 1. The van der Waals surface area contributed by atoms with Crippen LogP contribution >= 0.6 is 0 Å². The number of aromatic nitrogens is 1. The molecule has 6 heteroatoms. The third-order valence-electron chi connectivity index (χ3n) is 4.39. The van der Waals surface area contributed by atoms with Gasteiger partial charge in [0.15, 0.2) is 5.78 Å². The average molecular weight is 389 g/mol. The Morgan fingerprint density at radius 1 is 1.00 bits per heavy atom. The second-order valence-electron chi connectivity index (χ2n) is 6.55. The Labute approximate surface area is 169 Å². The molecule has 3 aromatic rings. The molecule has 2 N–H and O–H groups in total.